The van der Waals surface area contributed by atoms with Gasteiger partial charge in [0.25, 0.3) is 0 Å². The van der Waals surface area contributed by atoms with Gasteiger partial charge in [-0.3, -0.25) is 0 Å². The zero-order valence-corrected chi connectivity index (χ0v) is 16.8. The molecule has 2 aliphatic heterocycles. The molecule has 0 saturated carbocycles. The summed E-state index contributed by atoms with van der Waals surface area (Å²) in [5, 5.41) is 2.83. The lowest BCUT2D eigenvalue weighted by Gasteiger charge is -2.49. The van der Waals surface area contributed by atoms with E-state index in [4.69, 9.17) is 14.2 Å². The summed E-state index contributed by atoms with van der Waals surface area (Å²) in [6, 6.07) is 14.6. The molecule has 0 aromatic heterocycles. The molecule has 0 bridgehead atoms. The van der Waals surface area contributed by atoms with Crippen LogP contribution in [0, 0.1) is 11.7 Å². The molecule has 148 valence electrons. The van der Waals surface area contributed by atoms with E-state index in [1.165, 1.54) is 6.07 Å². The first-order chi connectivity index (χ1) is 13.6. The fourth-order valence-electron chi connectivity index (χ4n) is 3.90. The number of carbonyl (C=O) groups excluding carboxylic acids is 1. The zero-order chi connectivity index (χ0) is 19.6. The summed E-state index contributed by atoms with van der Waals surface area (Å²) in [4.78, 5) is 12.0. The topological polar surface area (TPSA) is 56.8 Å². The number of fused-ring (bicyclic) bond motifs is 1. The Bertz CT molecular complexity index is 850. The number of benzene rings is 2. The quantitative estimate of drug-likeness (QED) is 0.744. The van der Waals surface area contributed by atoms with Crippen molar-refractivity contribution in [2.24, 2.45) is 5.92 Å². The van der Waals surface area contributed by atoms with Gasteiger partial charge in [-0.25, -0.2) is 9.18 Å². The SMILES string of the molecule is O=C1N[C@@]2(c3cc(Br)ccc3F)CO[C@@H](COCc3ccccc3)C[C@H]2CO1. The highest BCUT2D eigenvalue weighted by Crippen LogP contribution is 2.42. The summed E-state index contributed by atoms with van der Waals surface area (Å²) in [5.74, 6) is -0.495. The van der Waals surface area contributed by atoms with Crippen molar-refractivity contribution in [2.45, 2.75) is 24.7 Å². The van der Waals surface area contributed by atoms with E-state index in [0.29, 0.717) is 25.2 Å². The Hall–Kier alpha value is -1.96. The molecule has 0 unspecified atom stereocenters. The Morgan fingerprint density at radius 2 is 2.07 bits per heavy atom. The first-order valence-corrected chi connectivity index (χ1v) is 10.00. The van der Waals surface area contributed by atoms with Crippen molar-refractivity contribution >= 4 is 22.0 Å². The van der Waals surface area contributed by atoms with Gasteiger partial charge in [0.05, 0.1) is 32.5 Å². The Morgan fingerprint density at radius 1 is 1.25 bits per heavy atom. The molecule has 5 nitrogen and oxygen atoms in total. The summed E-state index contributed by atoms with van der Waals surface area (Å²) >= 11 is 3.39. The minimum absolute atomic E-state index is 0.118. The van der Waals surface area contributed by atoms with Crippen molar-refractivity contribution in [2.75, 3.05) is 19.8 Å². The fourth-order valence-corrected chi connectivity index (χ4v) is 4.26. The molecule has 0 spiro atoms. The van der Waals surface area contributed by atoms with E-state index in [2.05, 4.69) is 21.2 Å². The molecular formula is C21H21BrFNO4. The second-order valence-corrected chi connectivity index (χ2v) is 8.10. The average molecular weight is 450 g/mol. The Kier molecular flexibility index (Phi) is 5.66. The third-order valence-corrected chi connectivity index (χ3v) is 5.85. The normalized spacial score (nSPS) is 26.9. The molecule has 2 aromatic rings. The number of carbonyl (C=O) groups is 1. The van der Waals surface area contributed by atoms with Crippen LogP contribution in [0.5, 0.6) is 0 Å². The Balaban J connectivity index is 1.47. The minimum Gasteiger partial charge on any atom is -0.449 e. The van der Waals surface area contributed by atoms with Crippen molar-refractivity contribution < 1.29 is 23.4 Å². The monoisotopic (exact) mass is 449 g/mol. The molecule has 2 aromatic carbocycles. The van der Waals surface area contributed by atoms with Crippen molar-refractivity contribution in [3.63, 3.8) is 0 Å². The van der Waals surface area contributed by atoms with Gasteiger partial charge < -0.3 is 19.5 Å². The Morgan fingerprint density at radius 3 is 2.89 bits per heavy atom. The highest BCUT2D eigenvalue weighted by molar-refractivity contribution is 9.10. The van der Waals surface area contributed by atoms with Gasteiger partial charge in [0, 0.05) is 16.0 Å². The van der Waals surface area contributed by atoms with E-state index >= 15 is 0 Å². The summed E-state index contributed by atoms with van der Waals surface area (Å²) in [6.07, 6.45) is -0.102. The van der Waals surface area contributed by atoms with Gasteiger partial charge in [0.1, 0.15) is 11.4 Å². The highest BCUT2D eigenvalue weighted by Gasteiger charge is 2.51. The van der Waals surface area contributed by atoms with Crippen LogP contribution in [0.3, 0.4) is 0 Å². The zero-order valence-electron chi connectivity index (χ0n) is 15.2. The van der Waals surface area contributed by atoms with Crippen molar-refractivity contribution in [1.82, 2.24) is 5.32 Å². The molecule has 0 aliphatic carbocycles. The first kappa shape index (κ1) is 19.4. The van der Waals surface area contributed by atoms with Gasteiger partial charge in [0.2, 0.25) is 0 Å². The van der Waals surface area contributed by atoms with Crippen molar-refractivity contribution in [3.05, 3.63) is 69.9 Å². The van der Waals surface area contributed by atoms with Crippen LogP contribution >= 0.6 is 15.9 Å². The van der Waals surface area contributed by atoms with Gasteiger partial charge in [-0.15, -0.1) is 0 Å². The number of amides is 1. The molecular weight excluding hydrogens is 429 g/mol. The van der Waals surface area contributed by atoms with E-state index in [9.17, 15) is 9.18 Å². The molecule has 1 amide bonds. The number of hydrogen-bond donors (Lipinski definition) is 1. The predicted molar refractivity (Wildman–Crippen MR) is 104 cm³/mol. The van der Waals surface area contributed by atoms with E-state index in [0.717, 1.165) is 10.0 Å². The average Bonchev–Trinajstić information content (AvgIpc) is 2.70. The molecule has 1 N–H and O–H groups in total. The lowest BCUT2D eigenvalue weighted by atomic mass is 9.73. The minimum atomic E-state index is -0.945. The van der Waals surface area contributed by atoms with E-state index in [-0.39, 0.29) is 31.1 Å². The van der Waals surface area contributed by atoms with E-state index in [1.807, 2.05) is 30.3 Å². The number of halogens is 2. The molecule has 2 heterocycles. The highest BCUT2D eigenvalue weighted by atomic mass is 79.9. The van der Waals surface area contributed by atoms with Crippen molar-refractivity contribution in [1.29, 1.82) is 0 Å². The molecule has 2 saturated heterocycles. The predicted octanol–water partition coefficient (Wildman–Crippen LogP) is 4.15. The third-order valence-electron chi connectivity index (χ3n) is 5.36. The van der Waals surface area contributed by atoms with E-state index < -0.39 is 11.6 Å². The first-order valence-electron chi connectivity index (χ1n) is 9.20. The fraction of sp³-hybridized carbons (Fsp3) is 0.381. The van der Waals surface area contributed by atoms with Crippen LogP contribution in [0.25, 0.3) is 0 Å². The molecule has 2 fully saturated rings. The van der Waals surface area contributed by atoms with Gasteiger partial charge in [-0.1, -0.05) is 46.3 Å². The number of ether oxygens (including phenoxy) is 3. The lowest BCUT2D eigenvalue weighted by Crippen LogP contribution is -2.63. The second kappa shape index (κ2) is 8.19. The standard InChI is InChI=1S/C21H21BrFNO4/c22-16-6-7-19(23)18(9-16)21-13-28-17(8-15(21)11-27-20(25)24-21)12-26-10-14-4-2-1-3-5-14/h1-7,9,15,17H,8,10-13H2,(H,24,25)/t15-,17+,21-/m0/s1. The maximum absolute atomic E-state index is 14.6. The van der Waals surface area contributed by atoms with E-state index in [1.54, 1.807) is 12.1 Å². The van der Waals surface area contributed by atoms with Gasteiger partial charge in [-0.05, 0) is 30.2 Å². The lowest BCUT2D eigenvalue weighted by molar-refractivity contribution is -0.127. The Labute approximate surface area is 171 Å². The number of cyclic esters (lactones) is 1. The van der Waals surface area contributed by atoms with Crippen LogP contribution in [-0.2, 0) is 26.4 Å². The summed E-state index contributed by atoms with van der Waals surface area (Å²) in [7, 11) is 0. The van der Waals surface area contributed by atoms with Gasteiger partial charge in [-0.2, -0.15) is 0 Å². The van der Waals surface area contributed by atoms with Crippen LogP contribution in [0.15, 0.2) is 53.0 Å². The molecule has 2 aliphatic rings. The number of alkyl carbamates (subject to hydrolysis) is 1. The second-order valence-electron chi connectivity index (χ2n) is 7.19. The van der Waals surface area contributed by atoms with Gasteiger partial charge in [0.15, 0.2) is 0 Å². The van der Waals surface area contributed by atoms with Crippen LogP contribution in [0.2, 0.25) is 0 Å². The molecule has 7 heteroatoms. The largest absolute Gasteiger partial charge is 0.449 e. The number of hydrogen-bond acceptors (Lipinski definition) is 4. The van der Waals surface area contributed by atoms with Crippen LogP contribution in [-0.4, -0.2) is 32.0 Å². The van der Waals surface area contributed by atoms with Gasteiger partial charge >= 0.3 is 6.09 Å². The molecule has 0 radical (unpaired) electrons. The maximum atomic E-state index is 14.6. The molecule has 28 heavy (non-hydrogen) atoms. The van der Waals surface area contributed by atoms with Crippen LogP contribution in [0.4, 0.5) is 9.18 Å². The van der Waals surface area contributed by atoms with Crippen LogP contribution < -0.4 is 5.32 Å². The summed E-state index contributed by atoms with van der Waals surface area (Å²) in [5.41, 5.74) is 0.559. The van der Waals surface area contributed by atoms with Crippen LogP contribution in [0.1, 0.15) is 17.5 Å². The molecule has 4 rings (SSSR count). The maximum Gasteiger partial charge on any atom is 0.407 e. The molecule has 3 atom stereocenters. The number of nitrogens with one attached hydrogen (secondary N) is 1. The number of rotatable bonds is 5. The smallest absolute Gasteiger partial charge is 0.407 e. The van der Waals surface area contributed by atoms with Crippen molar-refractivity contribution in [3.8, 4) is 0 Å². The summed E-state index contributed by atoms with van der Waals surface area (Å²) in [6.45, 7) is 1.32. The summed E-state index contributed by atoms with van der Waals surface area (Å²) < 4.78 is 32.4. The third kappa shape index (κ3) is 3.92.